The lowest BCUT2D eigenvalue weighted by molar-refractivity contribution is -0.137. The summed E-state index contributed by atoms with van der Waals surface area (Å²) in [6, 6.07) is 13.6. The van der Waals surface area contributed by atoms with Crippen LogP contribution < -0.4 is 5.01 Å². The Balaban J connectivity index is 1.53. The number of nitrogens with zero attached hydrogens (tertiary/aromatic N) is 2. The van der Waals surface area contributed by atoms with Crippen molar-refractivity contribution in [3.63, 3.8) is 0 Å². The standard InChI is InChI=1S/C26H21F5N2O3/c27-22-8-3-16(14-34)10-21(22)17-4-5-18(23(28)11-17)9-15-1-6-19(7-2-15)33-20(13-25(35)36)12-24(32-33)26(29,30)31/h1-8,10-11,20,34H,9,12-14H2,(H,35,36). The van der Waals surface area contributed by atoms with Crippen molar-refractivity contribution < 1.29 is 37.0 Å². The molecular weight excluding hydrogens is 483 g/mol. The number of aliphatic hydroxyl groups is 1. The van der Waals surface area contributed by atoms with Gasteiger partial charge in [-0.25, -0.2) is 8.78 Å². The molecule has 5 nitrogen and oxygen atoms in total. The maximum atomic E-state index is 14.8. The van der Waals surface area contributed by atoms with Gasteiger partial charge in [-0.15, -0.1) is 0 Å². The zero-order valence-electron chi connectivity index (χ0n) is 18.8. The van der Waals surface area contributed by atoms with Crippen molar-refractivity contribution in [2.75, 3.05) is 5.01 Å². The van der Waals surface area contributed by atoms with Crippen LogP contribution in [0.3, 0.4) is 0 Å². The van der Waals surface area contributed by atoms with Crippen LogP contribution in [-0.2, 0) is 17.8 Å². The van der Waals surface area contributed by atoms with Gasteiger partial charge in [0.25, 0.3) is 0 Å². The van der Waals surface area contributed by atoms with E-state index < -0.39 is 48.4 Å². The van der Waals surface area contributed by atoms with E-state index >= 15 is 0 Å². The average molecular weight is 504 g/mol. The molecule has 0 amide bonds. The second-order valence-corrected chi connectivity index (χ2v) is 8.47. The van der Waals surface area contributed by atoms with E-state index in [1.54, 1.807) is 18.2 Å². The van der Waals surface area contributed by atoms with Crippen LogP contribution in [0.1, 0.15) is 29.5 Å². The van der Waals surface area contributed by atoms with Crippen LogP contribution in [-0.4, -0.2) is 34.1 Å². The van der Waals surface area contributed by atoms with Crippen LogP contribution in [0.15, 0.2) is 65.8 Å². The molecule has 0 saturated heterocycles. The molecule has 0 spiro atoms. The number of hydrogen-bond donors (Lipinski definition) is 2. The number of benzene rings is 3. The zero-order chi connectivity index (χ0) is 26.0. The Morgan fingerprint density at radius 3 is 2.28 bits per heavy atom. The third kappa shape index (κ3) is 5.54. The lowest BCUT2D eigenvalue weighted by Gasteiger charge is -2.22. The minimum atomic E-state index is -4.66. The predicted octanol–water partition coefficient (Wildman–Crippen LogP) is 5.69. The number of alkyl halides is 3. The fraction of sp³-hybridized carbons (Fsp3) is 0.231. The predicted molar refractivity (Wildman–Crippen MR) is 124 cm³/mol. The van der Waals surface area contributed by atoms with Gasteiger partial charge in [0.05, 0.1) is 24.8 Å². The topological polar surface area (TPSA) is 73.1 Å². The summed E-state index contributed by atoms with van der Waals surface area (Å²) in [4.78, 5) is 11.1. The van der Waals surface area contributed by atoms with Crippen LogP contribution in [0.4, 0.5) is 27.6 Å². The van der Waals surface area contributed by atoms with Crippen molar-refractivity contribution in [2.45, 2.75) is 38.1 Å². The Hall–Kier alpha value is -3.79. The van der Waals surface area contributed by atoms with Gasteiger partial charge in [-0.2, -0.15) is 18.3 Å². The molecule has 0 fully saturated rings. The van der Waals surface area contributed by atoms with Gasteiger partial charge in [0, 0.05) is 18.4 Å². The Morgan fingerprint density at radius 2 is 1.67 bits per heavy atom. The minimum Gasteiger partial charge on any atom is -0.481 e. The number of carboxylic acids is 1. The van der Waals surface area contributed by atoms with Crippen molar-refractivity contribution in [1.29, 1.82) is 0 Å². The molecule has 0 saturated carbocycles. The highest BCUT2D eigenvalue weighted by Gasteiger charge is 2.43. The highest BCUT2D eigenvalue weighted by atomic mass is 19.4. The van der Waals surface area contributed by atoms with E-state index in [-0.39, 0.29) is 18.6 Å². The van der Waals surface area contributed by atoms with Gasteiger partial charge in [0.1, 0.15) is 17.3 Å². The fourth-order valence-corrected chi connectivity index (χ4v) is 4.10. The van der Waals surface area contributed by atoms with E-state index in [1.807, 2.05) is 0 Å². The molecule has 1 aliphatic rings. The molecule has 3 aromatic rings. The van der Waals surface area contributed by atoms with Crippen LogP contribution in [0, 0.1) is 11.6 Å². The first-order valence-electron chi connectivity index (χ1n) is 11.0. The molecule has 3 aromatic carbocycles. The maximum absolute atomic E-state index is 14.8. The van der Waals surface area contributed by atoms with E-state index in [9.17, 15) is 31.9 Å². The first-order chi connectivity index (χ1) is 17.0. The Labute approximate surface area is 203 Å². The summed E-state index contributed by atoms with van der Waals surface area (Å²) in [6.45, 7) is -0.277. The summed E-state index contributed by atoms with van der Waals surface area (Å²) in [5, 5.41) is 23.0. The molecule has 4 rings (SSSR count). The fourth-order valence-electron chi connectivity index (χ4n) is 4.10. The second kappa shape index (κ2) is 10.1. The van der Waals surface area contributed by atoms with Gasteiger partial charge in [0.15, 0.2) is 0 Å². The quantitative estimate of drug-likeness (QED) is 0.406. The zero-order valence-corrected chi connectivity index (χ0v) is 18.8. The van der Waals surface area contributed by atoms with Gasteiger partial charge < -0.3 is 10.2 Å². The largest absolute Gasteiger partial charge is 0.481 e. The first kappa shape index (κ1) is 25.3. The molecule has 0 aromatic heterocycles. The molecular formula is C26H21F5N2O3. The molecule has 1 atom stereocenters. The molecule has 1 heterocycles. The van der Waals surface area contributed by atoms with Gasteiger partial charge in [-0.1, -0.05) is 30.3 Å². The van der Waals surface area contributed by atoms with Gasteiger partial charge in [0.2, 0.25) is 0 Å². The number of carboxylic acid groups (broad SMARTS) is 1. The van der Waals surface area contributed by atoms with E-state index in [4.69, 9.17) is 5.11 Å². The lowest BCUT2D eigenvalue weighted by Crippen LogP contribution is -2.29. The van der Waals surface area contributed by atoms with Gasteiger partial charge >= 0.3 is 12.1 Å². The molecule has 2 N–H and O–H groups in total. The summed E-state index contributed by atoms with van der Waals surface area (Å²) < 4.78 is 68.4. The third-order valence-corrected chi connectivity index (χ3v) is 5.91. The normalized spacial score (nSPS) is 15.8. The summed E-state index contributed by atoms with van der Waals surface area (Å²) >= 11 is 0. The molecule has 0 aliphatic carbocycles. The van der Waals surface area contributed by atoms with Crippen LogP contribution in [0.5, 0.6) is 0 Å². The molecule has 10 heteroatoms. The number of carbonyl (C=O) groups is 1. The summed E-state index contributed by atoms with van der Waals surface area (Å²) in [7, 11) is 0. The van der Waals surface area contributed by atoms with E-state index in [2.05, 4.69) is 5.10 Å². The van der Waals surface area contributed by atoms with Crippen LogP contribution >= 0.6 is 0 Å². The van der Waals surface area contributed by atoms with Crippen molar-refractivity contribution in [3.05, 3.63) is 89.0 Å². The van der Waals surface area contributed by atoms with E-state index in [0.717, 1.165) is 5.01 Å². The van der Waals surface area contributed by atoms with Crippen molar-refractivity contribution >= 4 is 17.4 Å². The number of hydrazone groups is 1. The molecule has 1 unspecified atom stereocenters. The van der Waals surface area contributed by atoms with Crippen molar-refractivity contribution in [3.8, 4) is 11.1 Å². The highest BCUT2D eigenvalue weighted by molar-refractivity contribution is 5.94. The molecule has 188 valence electrons. The second-order valence-electron chi connectivity index (χ2n) is 8.47. The number of aliphatic hydroxyl groups excluding tert-OH is 1. The first-order valence-corrected chi connectivity index (χ1v) is 11.0. The van der Waals surface area contributed by atoms with Crippen molar-refractivity contribution in [1.82, 2.24) is 0 Å². The number of hydrogen-bond acceptors (Lipinski definition) is 4. The van der Waals surface area contributed by atoms with Gasteiger partial charge in [-0.05, 0) is 52.6 Å². The number of halogens is 5. The molecule has 1 aliphatic heterocycles. The smallest absolute Gasteiger partial charge is 0.431 e. The van der Waals surface area contributed by atoms with E-state index in [0.29, 0.717) is 27.9 Å². The van der Waals surface area contributed by atoms with Crippen molar-refractivity contribution in [2.24, 2.45) is 5.10 Å². The SMILES string of the molecule is O=C(O)CC1CC(C(F)(F)F)=NN1c1ccc(Cc2ccc(-c3cc(CO)ccc3F)cc2F)cc1. The average Bonchev–Trinajstić information content (AvgIpc) is 3.25. The lowest BCUT2D eigenvalue weighted by atomic mass is 9.98. The number of rotatable bonds is 7. The van der Waals surface area contributed by atoms with E-state index in [1.165, 1.54) is 42.5 Å². The third-order valence-electron chi connectivity index (χ3n) is 5.91. The maximum Gasteiger partial charge on any atom is 0.431 e. The molecule has 36 heavy (non-hydrogen) atoms. The molecule has 0 radical (unpaired) electrons. The van der Waals surface area contributed by atoms with Crippen LogP contribution in [0.2, 0.25) is 0 Å². The Kier molecular flexibility index (Phi) is 7.07. The highest BCUT2D eigenvalue weighted by Crippen LogP contribution is 2.33. The monoisotopic (exact) mass is 504 g/mol. The Morgan fingerprint density at radius 1 is 0.972 bits per heavy atom. The molecule has 0 bridgehead atoms. The number of anilines is 1. The number of aliphatic carboxylic acids is 1. The van der Waals surface area contributed by atoms with Crippen LogP contribution in [0.25, 0.3) is 11.1 Å². The summed E-state index contributed by atoms with van der Waals surface area (Å²) in [5.41, 5.74) is 1.21. The minimum absolute atomic E-state index is 0.164. The van der Waals surface area contributed by atoms with Gasteiger partial charge in [-0.3, -0.25) is 9.80 Å². The Bertz CT molecular complexity index is 1310. The summed E-state index contributed by atoms with van der Waals surface area (Å²) in [5.74, 6) is -2.35. The summed E-state index contributed by atoms with van der Waals surface area (Å²) in [6.07, 6.45) is -5.53.